The molecule has 0 radical (unpaired) electrons. The van der Waals surface area contributed by atoms with Gasteiger partial charge in [-0.25, -0.2) is 0 Å². The fourth-order valence-corrected chi connectivity index (χ4v) is 2.93. The first kappa shape index (κ1) is 15.9. The molecule has 0 saturated heterocycles. The lowest BCUT2D eigenvalue weighted by atomic mass is 10.2. The lowest BCUT2D eigenvalue weighted by Gasteiger charge is -2.10. The molecule has 0 spiro atoms. The van der Waals surface area contributed by atoms with Gasteiger partial charge in [-0.05, 0) is 62.2 Å². The number of hydrogen-bond donors (Lipinski definition) is 0. The third-order valence-electron chi connectivity index (χ3n) is 2.69. The van der Waals surface area contributed by atoms with E-state index in [1.54, 1.807) is 12.1 Å². The van der Waals surface area contributed by atoms with Crippen LogP contribution in [0, 0.1) is 11.3 Å². The van der Waals surface area contributed by atoms with E-state index in [0.29, 0.717) is 24.5 Å². The predicted molar refractivity (Wildman–Crippen MR) is 88.6 cm³/mol. The van der Waals surface area contributed by atoms with Crippen molar-refractivity contribution in [2.75, 3.05) is 13.2 Å². The highest BCUT2D eigenvalue weighted by atomic mass is 79.9. The second-order valence-corrected chi connectivity index (χ2v) is 5.95. The molecule has 0 atom stereocenters. The average Bonchev–Trinajstić information content (AvgIpc) is 2.50. The van der Waals surface area contributed by atoms with Crippen LogP contribution >= 0.6 is 31.9 Å². The first-order chi connectivity index (χ1) is 10.2. The number of ether oxygens (including phenoxy) is 2. The largest absolute Gasteiger partial charge is 0.493 e. The standard InChI is InChI=1S/C16H13Br2NO2/c17-14-6-2-7-15(18)16(14)21-9-3-8-20-13-5-1-4-12(10-13)11-19/h1-2,4-7,10H,3,8-9H2. The van der Waals surface area contributed by atoms with Gasteiger partial charge in [0.25, 0.3) is 0 Å². The van der Waals surface area contributed by atoms with Crippen molar-refractivity contribution < 1.29 is 9.47 Å². The Labute approximate surface area is 140 Å². The summed E-state index contributed by atoms with van der Waals surface area (Å²) < 4.78 is 13.1. The van der Waals surface area contributed by atoms with E-state index in [0.717, 1.165) is 21.1 Å². The minimum atomic E-state index is 0.539. The topological polar surface area (TPSA) is 42.2 Å². The van der Waals surface area contributed by atoms with Crippen molar-refractivity contribution in [1.82, 2.24) is 0 Å². The van der Waals surface area contributed by atoms with Gasteiger partial charge in [-0.1, -0.05) is 12.1 Å². The molecule has 0 amide bonds. The normalized spacial score (nSPS) is 9.95. The Bertz CT molecular complexity index is 633. The van der Waals surface area contributed by atoms with E-state index in [9.17, 15) is 0 Å². The Hall–Kier alpha value is -1.51. The zero-order valence-corrected chi connectivity index (χ0v) is 14.4. The summed E-state index contributed by atoms with van der Waals surface area (Å²) in [4.78, 5) is 0. The van der Waals surface area contributed by atoms with E-state index in [-0.39, 0.29) is 0 Å². The van der Waals surface area contributed by atoms with E-state index in [2.05, 4.69) is 37.9 Å². The molecule has 2 aromatic carbocycles. The van der Waals surface area contributed by atoms with Crippen LogP contribution in [0.5, 0.6) is 11.5 Å². The SMILES string of the molecule is N#Cc1cccc(OCCCOc2c(Br)cccc2Br)c1. The van der Waals surface area contributed by atoms with E-state index >= 15 is 0 Å². The van der Waals surface area contributed by atoms with Gasteiger partial charge in [0, 0.05) is 6.42 Å². The molecule has 0 N–H and O–H groups in total. The van der Waals surface area contributed by atoms with E-state index in [1.165, 1.54) is 0 Å². The van der Waals surface area contributed by atoms with E-state index in [4.69, 9.17) is 14.7 Å². The van der Waals surface area contributed by atoms with Gasteiger partial charge in [0.15, 0.2) is 0 Å². The van der Waals surface area contributed by atoms with Gasteiger partial charge < -0.3 is 9.47 Å². The molecule has 0 aliphatic heterocycles. The van der Waals surface area contributed by atoms with Crippen molar-refractivity contribution in [1.29, 1.82) is 5.26 Å². The Balaban J connectivity index is 1.76. The van der Waals surface area contributed by atoms with Gasteiger partial charge in [-0.2, -0.15) is 5.26 Å². The van der Waals surface area contributed by atoms with Crippen molar-refractivity contribution in [2.45, 2.75) is 6.42 Å². The number of nitrogens with zero attached hydrogens (tertiary/aromatic N) is 1. The van der Waals surface area contributed by atoms with Crippen LogP contribution in [0.1, 0.15) is 12.0 Å². The van der Waals surface area contributed by atoms with Crippen LogP contribution in [0.25, 0.3) is 0 Å². The number of halogens is 2. The Morgan fingerprint density at radius 1 is 0.952 bits per heavy atom. The van der Waals surface area contributed by atoms with Crippen LogP contribution in [0.3, 0.4) is 0 Å². The Morgan fingerprint density at radius 3 is 2.33 bits per heavy atom. The van der Waals surface area contributed by atoms with Gasteiger partial charge in [0.2, 0.25) is 0 Å². The summed E-state index contributed by atoms with van der Waals surface area (Å²) in [6, 6.07) is 15.0. The molecule has 21 heavy (non-hydrogen) atoms. The maximum Gasteiger partial charge on any atom is 0.147 e. The number of para-hydroxylation sites is 1. The lowest BCUT2D eigenvalue weighted by molar-refractivity contribution is 0.246. The highest BCUT2D eigenvalue weighted by Crippen LogP contribution is 2.32. The monoisotopic (exact) mass is 409 g/mol. The molecule has 2 rings (SSSR count). The first-order valence-corrected chi connectivity index (χ1v) is 7.99. The number of hydrogen-bond acceptors (Lipinski definition) is 3. The molecule has 0 aliphatic carbocycles. The van der Waals surface area contributed by atoms with Crippen LogP contribution < -0.4 is 9.47 Å². The quantitative estimate of drug-likeness (QED) is 0.634. The molecule has 0 saturated carbocycles. The minimum absolute atomic E-state index is 0.539. The molecule has 0 aromatic heterocycles. The van der Waals surface area contributed by atoms with Gasteiger partial charge in [-0.3, -0.25) is 0 Å². The van der Waals surface area contributed by atoms with Crippen molar-refractivity contribution in [3.05, 3.63) is 57.0 Å². The third-order valence-corrected chi connectivity index (χ3v) is 3.93. The predicted octanol–water partition coefficient (Wildman–Crippen LogP) is 4.93. The van der Waals surface area contributed by atoms with Gasteiger partial charge in [0.1, 0.15) is 11.5 Å². The average molecular weight is 411 g/mol. The molecule has 0 unspecified atom stereocenters. The van der Waals surface area contributed by atoms with Crippen LogP contribution in [0.15, 0.2) is 51.4 Å². The van der Waals surface area contributed by atoms with Crippen molar-refractivity contribution in [3.63, 3.8) is 0 Å². The summed E-state index contributed by atoms with van der Waals surface area (Å²) in [6.45, 7) is 1.09. The fourth-order valence-electron chi connectivity index (χ4n) is 1.70. The van der Waals surface area contributed by atoms with Crippen molar-refractivity contribution >= 4 is 31.9 Å². The Kier molecular flexibility index (Phi) is 6.09. The van der Waals surface area contributed by atoms with Crippen LogP contribution in [0.2, 0.25) is 0 Å². The third kappa shape index (κ3) is 4.76. The molecule has 0 bridgehead atoms. The molecule has 5 heteroatoms. The number of nitriles is 1. The smallest absolute Gasteiger partial charge is 0.147 e. The maximum absolute atomic E-state index is 8.82. The Morgan fingerprint density at radius 2 is 1.62 bits per heavy atom. The zero-order valence-electron chi connectivity index (χ0n) is 11.2. The summed E-state index contributed by atoms with van der Waals surface area (Å²) in [5.41, 5.74) is 0.598. The van der Waals surface area contributed by atoms with Crippen molar-refractivity contribution in [2.24, 2.45) is 0 Å². The van der Waals surface area contributed by atoms with Gasteiger partial charge in [0.05, 0.1) is 33.8 Å². The van der Waals surface area contributed by atoms with Crippen LogP contribution in [-0.2, 0) is 0 Å². The van der Waals surface area contributed by atoms with E-state index in [1.807, 2.05) is 30.3 Å². The summed E-state index contributed by atoms with van der Waals surface area (Å²) in [5.74, 6) is 1.50. The summed E-state index contributed by atoms with van der Waals surface area (Å²) in [7, 11) is 0. The molecule has 3 nitrogen and oxygen atoms in total. The summed E-state index contributed by atoms with van der Waals surface area (Å²) >= 11 is 6.90. The lowest BCUT2D eigenvalue weighted by Crippen LogP contribution is -2.05. The highest BCUT2D eigenvalue weighted by molar-refractivity contribution is 9.11. The summed E-state index contributed by atoms with van der Waals surface area (Å²) in [5, 5.41) is 8.82. The number of rotatable bonds is 6. The maximum atomic E-state index is 8.82. The molecular weight excluding hydrogens is 398 g/mol. The molecule has 0 fully saturated rings. The second kappa shape index (κ2) is 8.06. The molecular formula is C16H13Br2NO2. The van der Waals surface area contributed by atoms with Crippen LogP contribution in [0.4, 0.5) is 0 Å². The zero-order chi connectivity index (χ0) is 15.1. The molecule has 0 heterocycles. The van der Waals surface area contributed by atoms with Crippen molar-refractivity contribution in [3.8, 4) is 17.6 Å². The molecule has 108 valence electrons. The first-order valence-electron chi connectivity index (χ1n) is 6.40. The van der Waals surface area contributed by atoms with Gasteiger partial charge >= 0.3 is 0 Å². The molecule has 0 aliphatic rings. The second-order valence-electron chi connectivity index (χ2n) is 4.24. The highest BCUT2D eigenvalue weighted by Gasteiger charge is 2.05. The fraction of sp³-hybridized carbons (Fsp3) is 0.188. The minimum Gasteiger partial charge on any atom is -0.493 e. The number of benzene rings is 2. The molecule has 2 aromatic rings. The van der Waals surface area contributed by atoms with Gasteiger partial charge in [-0.15, -0.1) is 0 Å². The van der Waals surface area contributed by atoms with Crippen LogP contribution in [-0.4, -0.2) is 13.2 Å². The van der Waals surface area contributed by atoms with E-state index < -0.39 is 0 Å². The summed E-state index contributed by atoms with van der Waals surface area (Å²) in [6.07, 6.45) is 0.755.